The number of hydrogen-bond donors (Lipinski definition) is 2. The number of aromatic nitrogens is 4. The Hall–Kier alpha value is -2.38. The van der Waals surface area contributed by atoms with E-state index in [-0.39, 0.29) is 11.8 Å². The lowest BCUT2D eigenvalue weighted by Gasteiger charge is -2.31. The van der Waals surface area contributed by atoms with Gasteiger partial charge in [0, 0.05) is 51.6 Å². The van der Waals surface area contributed by atoms with Crippen molar-refractivity contribution < 1.29 is 4.74 Å². The summed E-state index contributed by atoms with van der Waals surface area (Å²) in [5.41, 5.74) is 1.78. The number of hydrogen-bond acceptors (Lipinski definition) is 4. The van der Waals surface area contributed by atoms with Crippen molar-refractivity contribution >= 4 is 11.0 Å². The summed E-state index contributed by atoms with van der Waals surface area (Å²) in [6, 6.07) is 7.79. The number of nitrogens with one attached hydrogen (secondary N) is 2. The molecule has 2 N–H and O–H groups in total. The molecular formula is C19H25N5O2. The molecule has 0 unspecified atom stereocenters. The van der Waals surface area contributed by atoms with Crippen molar-refractivity contribution in [2.75, 3.05) is 19.7 Å². The summed E-state index contributed by atoms with van der Waals surface area (Å²) in [6.07, 6.45) is 6.02. The van der Waals surface area contributed by atoms with Crippen LogP contribution in [0.1, 0.15) is 24.8 Å². The minimum atomic E-state index is -0.0557. The highest BCUT2D eigenvalue weighted by atomic mass is 16.5. The number of aromatic amines is 1. The molecule has 26 heavy (non-hydrogen) atoms. The first-order valence-corrected chi connectivity index (χ1v) is 9.21. The molecule has 0 amide bonds. The second-order valence-electron chi connectivity index (χ2n) is 6.89. The third-order valence-corrected chi connectivity index (χ3v) is 5.16. The average molecular weight is 355 g/mol. The minimum absolute atomic E-state index is 0.0343. The van der Waals surface area contributed by atoms with Gasteiger partial charge in [0.25, 0.3) is 0 Å². The van der Waals surface area contributed by atoms with Crippen LogP contribution in [0.2, 0.25) is 0 Å². The van der Waals surface area contributed by atoms with Crippen LogP contribution in [0, 0.1) is 5.92 Å². The fourth-order valence-electron chi connectivity index (χ4n) is 3.80. The van der Waals surface area contributed by atoms with Crippen LogP contribution < -0.4 is 11.0 Å². The van der Waals surface area contributed by atoms with Crippen molar-refractivity contribution in [3.8, 4) is 0 Å². The van der Waals surface area contributed by atoms with E-state index in [1.54, 1.807) is 4.57 Å². The smallest absolute Gasteiger partial charge is 0.326 e. The quantitative estimate of drug-likeness (QED) is 0.661. The number of imidazole rings is 2. The zero-order valence-corrected chi connectivity index (χ0v) is 15.0. The van der Waals surface area contributed by atoms with Crippen LogP contribution in [-0.2, 0) is 18.3 Å². The summed E-state index contributed by atoms with van der Waals surface area (Å²) in [5, 5.41) is 3.51. The maximum absolute atomic E-state index is 12.1. The molecule has 0 bridgehead atoms. The van der Waals surface area contributed by atoms with Gasteiger partial charge in [0.15, 0.2) is 0 Å². The normalized spacial score (nSPS) is 20.7. The predicted octanol–water partition coefficient (Wildman–Crippen LogP) is 1.82. The van der Waals surface area contributed by atoms with E-state index >= 15 is 0 Å². The van der Waals surface area contributed by atoms with Gasteiger partial charge < -0.3 is 19.6 Å². The van der Waals surface area contributed by atoms with Gasteiger partial charge in [0.1, 0.15) is 11.9 Å². The number of fused-ring (bicyclic) bond motifs is 1. The van der Waals surface area contributed by atoms with Crippen LogP contribution in [0.15, 0.2) is 41.5 Å². The van der Waals surface area contributed by atoms with E-state index in [2.05, 4.69) is 15.3 Å². The highest BCUT2D eigenvalue weighted by Gasteiger charge is 2.29. The maximum Gasteiger partial charge on any atom is 0.326 e. The molecule has 1 aromatic carbocycles. The topological polar surface area (TPSA) is 76.9 Å². The molecule has 0 spiro atoms. The Bertz CT molecular complexity index is 925. The van der Waals surface area contributed by atoms with Crippen molar-refractivity contribution in [3.63, 3.8) is 0 Å². The maximum atomic E-state index is 12.1. The molecule has 3 heterocycles. The Labute approximate surface area is 152 Å². The predicted molar refractivity (Wildman–Crippen MR) is 100 cm³/mol. The van der Waals surface area contributed by atoms with Gasteiger partial charge in [-0.2, -0.15) is 0 Å². The fraction of sp³-hybridized carbons (Fsp3) is 0.474. The molecular weight excluding hydrogens is 330 g/mol. The molecule has 2 atom stereocenters. The van der Waals surface area contributed by atoms with Crippen molar-refractivity contribution in [1.82, 2.24) is 24.4 Å². The van der Waals surface area contributed by atoms with E-state index in [1.807, 2.05) is 48.3 Å². The SMILES string of the molecule is Cn1ccnc1[C@@H]1OCCC[C@H]1CNCCn1c(=O)[nH]c2ccccc21. The van der Waals surface area contributed by atoms with Gasteiger partial charge in [-0.05, 0) is 25.0 Å². The van der Waals surface area contributed by atoms with Gasteiger partial charge in [-0.15, -0.1) is 0 Å². The Kier molecular flexibility index (Phi) is 4.90. The molecule has 0 aliphatic carbocycles. The van der Waals surface area contributed by atoms with Crippen LogP contribution >= 0.6 is 0 Å². The van der Waals surface area contributed by atoms with Crippen molar-refractivity contribution in [1.29, 1.82) is 0 Å². The van der Waals surface area contributed by atoms with Crippen LogP contribution in [0.5, 0.6) is 0 Å². The zero-order chi connectivity index (χ0) is 17.9. The van der Waals surface area contributed by atoms with Gasteiger partial charge >= 0.3 is 5.69 Å². The Morgan fingerprint density at radius 2 is 2.27 bits per heavy atom. The number of nitrogens with zero attached hydrogens (tertiary/aromatic N) is 3. The average Bonchev–Trinajstić information content (AvgIpc) is 3.22. The minimum Gasteiger partial charge on any atom is -0.370 e. The highest BCUT2D eigenvalue weighted by molar-refractivity contribution is 5.74. The number of H-pyrrole nitrogens is 1. The van der Waals surface area contributed by atoms with Gasteiger partial charge in [0.2, 0.25) is 0 Å². The molecule has 7 nitrogen and oxygen atoms in total. The molecule has 1 aliphatic rings. The molecule has 0 saturated carbocycles. The standard InChI is InChI=1S/C19H25N5O2/c1-23-10-9-21-18(23)17-14(5-4-12-26-17)13-20-8-11-24-16-7-3-2-6-15(16)22-19(24)25/h2-3,6-7,9-10,14,17,20H,4-5,8,11-13H2,1H3,(H,22,25)/t14-,17+/m0/s1. The van der Waals surface area contributed by atoms with Crippen LogP contribution in [0.4, 0.5) is 0 Å². The number of rotatable bonds is 6. The number of ether oxygens (including phenoxy) is 1. The summed E-state index contributed by atoms with van der Waals surface area (Å²) in [5.74, 6) is 1.38. The van der Waals surface area contributed by atoms with E-state index in [0.717, 1.165) is 49.4 Å². The van der Waals surface area contributed by atoms with Crippen molar-refractivity contribution in [2.45, 2.75) is 25.5 Å². The molecule has 1 saturated heterocycles. The fourth-order valence-corrected chi connectivity index (χ4v) is 3.80. The molecule has 0 radical (unpaired) electrons. The molecule has 1 fully saturated rings. The molecule has 3 aromatic rings. The lowest BCUT2D eigenvalue weighted by atomic mass is 9.93. The Morgan fingerprint density at radius 3 is 3.12 bits per heavy atom. The molecule has 1 aliphatic heterocycles. The van der Waals surface area contributed by atoms with Crippen molar-refractivity contribution in [3.05, 3.63) is 53.0 Å². The number of para-hydroxylation sites is 2. The Balaban J connectivity index is 1.37. The third kappa shape index (κ3) is 3.32. The number of aryl methyl sites for hydroxylation is 1. The lowest BCUT2D eigenvalue weighted by molar-refractivity contribution is -0.0343. The van der Waals surface area contributed by atoms with E-state index in [9.17, 15) is 4.79 Å². The number of benzene rings is 1. The largest absolute Gasteiger partial charge is 0.370 e. The first-order chi connectivity index (χ1) is 12.7. The lowest BCUT2D eigenvalue weighted by Crippen LogP contribution is -2.35. The van der Waals surface area contributed by atoms with Crippen molar-refractivity contribution in [2.24, 2.45) is 13.0 Å². The molecule has 7 heteroatoms. The van der Waals surface area contributed by atoms with Crippen LogP contribution in [0.25, 0.3) is 11.0 Å². The van der Waals surface area contributed by atoms with Gasteiger partial charge in [-0.25, -0.2) is 9.78 Å². The summed E-state index contributed by atoms with van der Waals surface area (Å²) < 4.78 is 9.84. The Morgan fingerprint density at radius 1 is 1.38 bits per heavy atom. The summed E-state index contributed by atoms with van der Waals surface area (Å²) in [6.45, 7) is 3.03. The van der Waals surface area contributed by atoms with E-state index in [0.29, 0.717) is 12.5 Å². The van der Waals surface area contributed by atoms with Gasteiger partial charge in [-0.1, -0.05) is 12.1 Å². The first-order valence-electron chi connectivity index (χ1n) is 9.21. The van der Waals surface area contributed by atoms with Crippen LogP contribution in [0.3, 0.4) is 0 Å². The summed E-state index contributed by atoms with van der Waals surface area (Å²) >= 11 is 0. The van der Waals surface area contributed by atoms with Crippen LogP contribution in [-0.4, -0.2) is 38.8 Å². The second kappa shape index (κ2) is 7.47. The van der Waals surface area contributed by atoms with Gasteiger partial charge in [-0.3, -0.25) is 4.57 Å². The van der Waals surface area contributed by atoms with E-state index in [1.165, 1.54) is 0 Å². The first kappa shape index (κ1) is 17.1. The van der Waals surface area contributed by atoms with E-state index in [4.69, 9.17) is 4.74 Å². The van der Waals surface area contributed by atoms with E-state index < -0.39 is 0 Å². The molecule has 4 rings (SSSR count). The third-order valence-electron chi connectivity index (χ3n) is 5.16. The molecule has 138 valence electrons. The van der Waals surface area contributed by atoms with Gasteiger partial charge in [0.05, 0.1) is 11.0 Å². The second-order valence-corrected chi connectivity index (χ2v) is 6.89. The monoisotopic (exact) mass is 355 g/mol. The summed E-state index contributed by atoms with van der Waals surface area (Å²) in [4.78, 5) is 19.5. The summed E-state index contributed by atoms with van der Waals surface area (Å²) in [7, 11) is 2.01. The molecule has 2 aromatic heterocycles. The highest BCUT2D eigenvalue weighted by Crippen LogP contribution is 2.32. The zero-order valence-electron chi connectivity index (χ0n) is 15.0.